The summed E-state index contributed by atoms with van der Waals surface area (Å²) in [5.41, 5.74) is 1.49. The van der Waals surface area contributed by atoms with Gasteiger partial charge in [0.05, 0.1) is 16.9 Å². The van der Waals surface area contributed by atoms with Gasteiger partial charge in [0, 0.05) is 6.04 Å². The number of aryl methyl sites for hydroxylation is 2. The average Bonchev–Trinajstić information content (AvgIpc) is 3.32. The molecule has 1 amide bonds. The van der Waals surface area contributed by atoms with Crippen LogP contribution in [0.3, 0.4) is 0 Å². The summed E-state index contributed by atoms with van der Waals surface area (Å²) in [4.78, 5) is 30.2. The van der Waals surface area contributed by atoms with Crippen molar-refractivity contribution in [1.29, 1.82) is 0 Å². The van der Waals surface area contributed by atoms with E-state index in [9.17, 15) is 4.79 Å². The van der Waals surface area contributed by atoms with Crippen molar-refractivity contribution in [1.82, 2.24) is 19.9 Å². The molecule has 144 valence electrons. The van der Waals surface area contributed by atoms with Gasteiger partial charge in [-0.05, 0) is 38.3 Å². The van der Waals surface area contributed by atoms with E-state index in [0.717, 1.165) is 18.4 Å². The predicted octanol–water partition coefficient (Wildman–Crippen LogP) is 4.17. The Morgan fingerprint density at radius 2 is 1.96 bits per heavy atom. The molecule has 28 heavy (non-hydrogen) atoms. The number of anilines is 4. The third kappa shape index (κ3) is 4.37. The summed E-state index contributed by atoms with van der Waals surface area (Å²) in [6.07, 6.45) is 3.76. The van der Waals surface area contributed by atoms with E-state index in [0.29, 0.717) is 44.5 Å². The number of nitrogens with zero attached hydrogens (tertiary/aromatic N) is 4. The van der Waals surface area contributed by atoms with Crippen molar-refractivity contribution in [2.75, 3.05) is 16.0 Å². The summed E-state index contributed by atoms with van der Waals surface area (Å²) in [6.45, 7) is 3.69. The standard InChI is InChI=1S/C18H18ClN7OS/c1-9-4-3-5-12(19)14(9)24-15(27)13-8-20-18(28-13)26-17-22-10(2)21-16(25-17)23-11-6-7-11/h3-5,8,11H,6-7H2,1-2H3,(H,24,27)(H2,20,21,22,23,25,26). The van der Waals surface area contributed by atoms with Gasteiger partial charge in [-0.2, -0.15) is 15.0 Å². The molecule has 0 bridgehead atoms. The highest BCUT2D eigenvalue weighted by Crippen LogP contribution is 2.28. The van der Waals surface area contributed by atoms with Gasteiger partial charge in [-0.15, -0.1) is 0 Å². The Bertz CT molecular complexity index is 1010. The van der Waals surface area contributed by atoms with Gasteiger partial charge in [-0.3, -0.25) is 10.1 Å². The first-order valence-corrected chi connectivity index (χ1v) is 9.96. The Hall–Kier alpha value is -2.78. The van der Waals surface area contributed by atoms with Crippen LogP contribution in [0.25, 0.3) is 0 Å². The smallest absolute Gasteiger partial charge is 0.267 e. The Kier molecular flexibility index (Phi) is 5.10. The molecule has 0 atom stereocenters. The van der Waals surface area contributed by atoms with E-state index in [-0.39, 0.29) is 5.91 Å². The van der Waals surface area contributed by atoms with E-state index in [1.165, 1.54) is 17.5 Å². The van der Waals surface area contributed by atoms with Crippen molar-refractivity contribution in [2.24, 2.45) is 0 Å². The minimum atomic E-state index is -0.273. The zero-order valence-electron chi connectivity index (χ0n) is 15.3. The molecule has 3 aromatic rings. The first kappa shape index (κ1) is 18.6. The van der Waals surface area contributed by atoms with Gasteiger partial charge in [-0.25, -0.2) is 4.98 Å². The number of thiazole rings is 1. The van der Waals surface area contributed by atoms with E-state index < -0.39 is 0 Å². The van der Waals surface area contributed by atoms with Gasteiger partial charge in [0.2, 0.25) is 11.9 Å². The van der Waals surface area contributed by atoms with Gasteiger partial charge < -0.3 is 10.6 Å². The van der Waals surface area contributed by atoms with Gasteiger partial charge >= 0.3 is 0 Å². The van der Waals surface area contributed by atoms with Gasteiger partial charge in [0.15, 0.2) is 5.13 Å². The lowest BCUT2D eigenvalue weighted by Crippen LogP contribution is -2.11. The monoisotopic (exact) mass is 415 g/mol. The Balaban J connectivity index is 1.47. The lowest BCUT2D eigenvalue weighted by atomic mass is 10.2. The van der Waals surface area contributed by atoms with Gasteiger partial charge in [0.1, 0.15) is 10.7 Å². The first-order valence-electron chi connectivity index (χ1n) is 8.76. The van der Waals surface area contributed by atoms with Crippen LogP contribution in [0.4, 0.5) is 22.7 Å². The summed E-state index contributed by atoms with van der Waals surface area (Å²) >= 11 is 7.38. The minimum absolute atomic E-state index is 0.273. The quantitative estimate of drug-likeness (QED) is 0.554. The van der Waals surface area contributed by atoms with Crippen molar-refractivity contribution in [2.45, 2.75) is 32.7 Å². The van der Waals surface area contributed by atoms with Crippen LogP contribution >= 0.6 is 22.9 Å². The summed E-state index contributed by atoms with van der Waals surface area (Å²) in [5.74, 6) is 1.26. The van der Waals surface area contributed by atoms with Crippen LogP contribution in [-0.4, -0.2) is 31.9 Å². The molecule has 4 rings (SSSR count). The molecule has 0 unspecified atom stereocenters. The molecule has 1 aliphatic carbocycles. The summed E-state index contributed by atoms with van der Waals surface area (Å²) in [7, 11) is 0. The number of para-hydroxylation sites is 1. The third-order valence-corrected chi connectivity index (χ3v) is 5.29. The highest BCUT2D eigenvalue weighted by molar-refractivity contribution is 7.17. The number of halogens is 1. The number of hydrogen-bond acceptors (Lipinski definition) is 8. The molecule has 8 nitrogen and oxygen atoms in total. The van der Waals surface area contributed by atoms with Gasteiger partial charge in [-0.1, -0.05) is 35.1 Å². The minimum Gasteiger partial charge on any atom is -0.351 e. The molecule has 0 radical (unpaired) electrons. The highest BCUT2D eigenvalue weighted by Gasteiger charge is 2.22. The van der Waals surface area contributed by atoms with E-state index in [2.05, 4.69) is 35.9 Å². The Labute approximate surface area is 170 Å². The molecule has 2 heterocycles. The maximum atomic E-state index is 12.5. The maximum Gasteiger partial charge on any atom is 0.267 e. The lowest BCUT2D eigenvalue weighted by molar-refractivity contribution is 0.103. The molecule has 0 spiro atoms. The SMILES string of the molecule is Cc1nc(Nc2ncc(C(=O)Nc3c(C)cccc3Cl)s2)nc(NC2CC2)n1. The van der Waals surface area contributed by atoms with Crippen LogP contribution in [0.1, 0.15) is 33.9 Å². The molecule has 1 saturated carbocycles. The third-order valence-electron chi connectivity index (χ3n) is 4.07. The number of aromatic nitrogens is 4. The molecule has 10 heteroatoms. The van der Waals surface area contributed by atoms with Gasteiger partial charge in [0.25, 0.3) is 5.91 Å². The van der Waals surface area contributed by atoms with Crippen molar-refractivity contribution in [3.63, 3.8) is 0 Å². The van der Waals surface area contributed by atoms with Crippen LogP contribution < -0.4 is 16.0 Å². The zero-order valence-corrected chi connectivity index (χ0v) is 16.9. The Morgan fingerprint density at radius 3 is 2.71 bits per heavy atom. The fourth-order valence-electron chi connectivity index (χ4n) is 2.51. The number of nitrogens with one attached hydrogen (secondary N) is 3. The van der Waals surface area contributed by atoms with E-state index in [4.69, 9.17) is 11.6 Å². The maximum absolute atomic E-state index is 12.5. The second kappa shape index (κ2) is 7.69. The number of amides is 1. The zero-order chi connectivity index (χ0) is 19.7. The van der Waals surface area contributed by atoms with Crippen LogP contribution in [0.15, 0.2) is 24.4 Å². The van der Waals surface area contributed by atoms with Crippen molar-refractivity contribution >= 4 is 51.6 Å². The van der Waals surface area contributed by atoms with E-state index >= 15 is 0 Å². The van der Waals surface area contributed by atoms with Crippen LogP contribution in [0.5, 0.6) is 0 Å². The number of rotatable bonds is 6. The van der Waals surface area contributed by atoms with E-state index in [1.54, 1.807) is 13.0 Å². The Morgan fingerprint density at radius 1 is 1.18 bits per heavy atom. The molecule has 0 aliphatic heterocycles. The second-order valence-electron chi connectivity index (χ2n) is 6.49. The van der Waals surface area contributed by atoms with Crippen LogP contribution in [0.2, 0.25) is 5.02 Å². The fourth-order valence-corrected chi connectivity index (χ4v) is 3.48. The van der Waals surface area contributed by atoms with Crippen LogP contribution in [0, 0.1) is 13.8 Å². The molecule has 3 N–H and O–H groups in total. The number of benzene rings is 1. The largest absolute Gasteiger partial charge is 0.351 e. The van der Waals surface area contributed by atoms with Crippen LogP contribution in [-0.2, 0) is 0 Å². The lowest BCUT2D eigenvalue weighted by Gasteiger charge is -2.08. The summed E-state index contributed by atoms with van der Waals surface area (Å²) in [6, 6.07) is 5.90. The topological polar surface area (TPSA) is 105 Å². The molecular formula is C18H18ClN7OS. The molecule has 1 fully saturated rings. The molecular weight excluding hydrogens is 398 g/mol. The molecule has 0 saturated heterocycles. The number of hydrogen-bond donors (Lipinski definition) is 3. The number of carbonyl (C=O) groups excluding carboxylic acids is 1. The summed E-state index contributed by atoms with van der Waals surface area (Å²) < 4.78 is 0. The predicted molar refractivity (Wildman–Crippen MR) is 111 cm³/mol. The van der Waals surface area contributed by atoms with Crippen molar-refractivity contribution in [3.05, 3.63) is 45.7 Å². The van der Waals surface area contributed by atoms with Crippen molar-refractivity contribution < 1.29 is 4.79 Å². The molecule has 1 aliphatic rings. The number of carbonyl (C=O) groups is 1. The summed E-state index contributed by atoms with van der Waals surface area (Å²) in [5, 5.41) is 10.1. The van der Waals surface area contributed by atoms with Crippen molar-refractivity contribution in [3.8, 4) is 0 Å². The highest BCUT2D eigenvalue weighted by atomic mass is 35.5. The fraction of sp³-hybridized carbons (Fsp3) is 0.278. The van der Waals surface area contributed by atoms with E-state index in [1.807, 2.05) is 19.1 Å². The first-order chi connectivity index (χ1) is 13.5. The normalized spacial score (nSPS) is 13.2. The molecule has 2 aromatic heterocycles. The average molecular weight is 416 g/mol. The molecule has 1 aromatic carbocycles. The second-order valence-corrected chi connectivity index (χ2v) is 7.93.